The van der Waals surface area contributed by atoms with Crippen molar-refractivity contribution in [2.75, 3.05) is 5.33 Å². The Bertz CT molecular complexity index is 456. The van der Waals surface area contributed by atoms with Crippen molar-refractivity contribution >= 4 is 37.3 Å². The Morgan fingerprint density at radius 2 is 2.06 bits per heavy atom. The van der Waals surface area contributed by atoms with Crippen molar-refractivity contribution in [3.63, 3.8) is 0 Å². The Balaban J connectivity index is 2.81. The van der Waals surface area contributed by atoms with Crippen LogP contribution in [0.1, 0.15) is 25.6 Å². The molecule has 0 amide bonds. The lowest BCUT2D eigenvalue weighted by Gasteiger charge is -2.18. The molecule has 1 rings (SSSR count). The van der Waals surface area contributed by atoms with Gasteiger partial charge in [-0.2, -0.15) is 0 Å². The molecule has 1 heterocycles. The molecular formula is C11H18BrNO2S2. The predicted molar refractivity (Wildman–Crippen MR) is 76.4 cm³/mol. The number of nitrogens with one attached hydrogen (secondary N) is 1. The largest absolute Gasteiger partial charge is 0.250 e. The number of hydrogen-bond donors (Lipinski definition) is 1. The van der Waals surface area contributed by atoms with Crippen LogP contribution in [0.15, 0.2) is 16.3 Å². The summed E-state index contributed by atoms with van der Waals surface area (Å²) in [5, 5.41) is 0.779. The molecule has 0 saturated heterocycles. The molecule has 2 atom stereocenters. The average molecular weight is 340 g/mol. The zero-order valence-electron chi connectivity index (χ0n) is 10.2. The highest BCUT2D eigenvalue weighted by molar-refractivity contribution is 9.09. The van der Waals surface area contributed by atoms with Crippen LogP contribution in [0.4, 0.5) is 0 Å². The van der Waals surface area contributed by atoms with E-state index in [0.717, 1.165) is 16.6 Å². The van der Waals surface area contributed by atoms with E-state index in [2.05, 4.69) is 20.7 Å². The summed E-state index contributed by atoms with van der Waals surface area (Å²) in [6.07, 6.45) is 0.869. The van der Waals surface area contributed by atoms with Crippen LogP contribution in [0.5, 0.6) is 0 Å². The van der Waals surface area contributed by atoms with Gasteiger partial charge in [0.2, 0.25) is 10.0 Å². The maximum Gasteiger partial charge on any atom is 0.250 e. The molecule has 0 aromatic carbocycles. The third-order valence-electron chi connectivity index (χ3n) is 2.69. The quantitative estimate of drug-likeness (QED) is 0.809. The molecule has 1 aromatic rings. The van der Waals surface area contributed by atoms with Gasteiger partial charge in [0.25, 0.3) is 0 Å². The molecule has 2 unspecified atom stereocenters. The van der Waals surface area contributed by atoms with Gasteiger partial charge in [-0.15, -0.1) is 11.3 Å². The number of alkyl halides is 1. The molecule has 0 spiro atoms. The van der Waals surface area contributed by atoms with E-state index in [1.54, 1.807) is 6.07 Å². The molecule has 98 valence electrons. The molecular weight excluding hydrogens is 322 g/mol. The SMILES string of the molecule is CCc1ccc(S(=O)(=O)NC(C)C(C)CBr)s1. The van der Waals surface area contributed by atoms with Gasteiger partial charge in [0.1, 0.15) is 4.21 Å². The van der Waals surface area contributed by atoms with Crippen LogP contribution in [-0.2, 0) is 16.4 Å². The lowest BCUT2D eigenvalue weighted by molar-refractivity contribution is 0.485. The van der Waals surface area contributed by atoms with Crippen molar-refractivity contribution in [3.8, 4) is 0 Å². The molecule has 17 heavy (non-hydrogen) atoms. The van der Waals surface area contributed by atoms with Crippen LogP contribution in [-0.4, -0.2) is 19.8 Å². The highest BCUT2D eigenvalue weighted by Crippen LogP contribution is 2.22. The van der Waals surface area contributed by atoms with E-state index in [0.29, 0.717) is 4.21 Å². The van der Waals surface area contributed by atoms with Crippen molar-refractivity contribution in [1.29, 1.82) is 0 Å². The van der Waals surface area contributed by atoms with Crippen molar-refractivity contribution in [1.82, 2.24) is 4.72 Å². The molecule has 0 saturated carbocycles. The van der Waals surface area contributed by atoms with Crippen LogP contribution in [0, 0.1) is 5.92 Å². The summed E-state index contributed by atoms with van der Waals surface area (Å²) in [6.45, 7) is 5.91. The van der Waals surface area contributed by atoms with Crippen LogP contribution < -0.4 is 4.72 Å². The third kappa shape index (κ3) is 4.05. The summed E-state index contributed by atoms with van der Waals surface area (Å²) in [6, 6.07) is 3.47. The minimum absolute atomic E-state index is 0.0773. The predicted octanol–water partition coefficient (Wildman–Crippen LogP) is 3.01. The summed E-state index contributed by atoms with van der Waals surface area (Å²) in [5.74, 6) is 0.260. The van der Waals surface area contributed by atoms with Crippen molar-refractivity contribution in [3.05, 3.63) is 17.0 Å². The summed E-state index contributed by atoms with van der Waals surface area (Å²) < 4.78 is 27.3. The lowest BCUT2D eigenvalue weighted by Crippen LogP contribution is -2.37. The van der Waals surface area contributed by atoms with E-state index in [4.69, 9.17) is 0 Å². The third-order valence-corrected chi connectivity index (χ3v) is 6.99. The molecule has 1 aromatic heterocycles. The van der Waals surface area contributed by atoms with E-state index >= 15 is 0 Å². The van der Waals surface area contributed by atoms with Gasteiger partial charge >= 0.3 is 0 Å². The molecule has 0 fully saturated rings. The first-order chi connectivity index (χ1) is 7.90. The fourth-order valence-corrected chi connectivity index (χ4v) is 4.47. The normalized spacial score (nSPS) is 15.8. The zero-order chi connectivity index (χ0) is 13.1. The van der Waals surface area contributed by atoms with E-state index in [1.807, 2.05) is 26.8 Å². The second-order valence-corrected chi connectivity index (χ2v) is 7.87. The lowest BCUT2D eigenvalue weighted by atomic mass is 10.1. The fraction of sp³-hybridized carbons (Fsp3) is 0.636. The van der Waals surface area contributed by atoms with Gasteiger partial charge in [-0.25, -0.2) is 13.1 Å². The molecule has 3 nitrogen and oxygen atoms in total. The molecule has 1 N–H and O–H groups in total. The Morgan fingerprint density at radius 3 is 2.53 bits per heavy atom. The standard InChI is InChI=1S/C11H18BrNO2S2/c1-4-10-5-6-11(16-10)17(14,15)13-9(3)8(2)7-12/h5-6,8-9,13H,4,7H2,1-3H3. The van der Waals surface area contributed by atoms with Crippen LogP contribution in [0.25, 0.3) is 0 Å². The van der Waals surface area contributed by atoms with Crippen molar-refractivity contribution in [2.24, 2.45) is 5.92 Å². The summed E-state index contributed by atoms with van der Waals surface area (Å²) >= 11 is 4.70. The topological polar surface area (TPSA) is 46.2 Å². The number of thiophene rings is 1. The zero-order valence-corrected chi connectivity index (χ0v) is 13.5. The number of aryl methyl sites for hydroxylation is 1. The monoisotopic (exact) mass is 339 g/mol. The molecule has 0 aliphatic heterocycles. The Labute approximate surface area is 116 Å². The first kappa shape index (κ1) is 15.1. The van der Waals surface area contributed by atoms with Gasteiger partial charge in [0.05, 0.1) is 0 Å². The van der Waals surface area contributed by atoms with E-state index in [1.165, 1.54) is 11.3 Å². The fourth-order valence-electron chi connectivity index (χ4n) is 1.25. The van der Waals surface area contributed by atoms with Gasteiger partial charge < -0.3 is 0 Å². The van der Waals surface area contributed by atoms with Crippen LogP contribution in [0.2, 0.25) is 0 Å². The summed E-state index contributed by atoms with van der Waals surface area (Å²) in [5.41, 5.74) is 0. The molecule has 0 aliphatic carbocycles. The highest BCUT2D eigenvalue weighted by Gasteiger charge is 2.21. The smallest absolute Gasteiger partial charge is 0.207 e. The van der Waals surface area contributed by atoms with Crippen LogP contribution in [0.3, 0.4) is 0 Å². The molecule has 0 bridgehead atoms. The second-order valence-electron chi connectivity index (χ2n) is 4.12. The minimum Gasteiger partial charge on any atom is -0.207 e. The minimum atomic E-state index is -3.36. The molecule has 0 aliphatic rings. The average Bonchev–Trinajstić information content (AvgIpc) is 2.76. The number of sulfonamides is 1. The Morgan fingerprint density at radius 1 is 1.41 bits per heavy atom. The van der Waals surface area contributed by atoms with E-state index < -0.39 is 10.0 Å². The number of hydrogen-bond acceptors (Lipinski definition) is 3. The summed E-state index contributed by atoms with van der Waals surface area (Å²) in [7, 11) is -3.36. The maximum absolute atomic E-state index is 12.1. The number of rotatable bonds is 6. The van der Waals surface area contributed by atoms with Gasteiger partial charge in [-0.1, -0.05) is 29.8 Å². The van der Waals surface area contributed by atoms with E-state index in [-0.39, 0.29) is 12.0 Å². The van der Waals surface area contributed by atoms with Gasteiger partial charge in [0, 0.05) is 16.2 Å². The summed E-state index contributed by atoms with van der Waals surface area (Å²) in [4.78, 5) is 1.09. The molecule has 6 heteroatoms. The molecule has 0 radical (unpaired) electrons. The first-order valence-corrected chi connectivity index (χ1v) is 8.99. The Kier molecular flexibility index (Phi) is 5.63. The van der Waals surface area contributed by atoms with Gasteiger partial charge in [-0.3, -0.25) is 0 Å². The Hall–Kier alpha value is 0.0900. The maximum atomic E-state index is 12.1. The van der Waals surface area contributed by atoms with Gasteiger partial charge in [0.15, 0.2) is 0 Å². The number of halogens is 1. The van der Waals surface area contributed by atoms with Gasteiger partial charge in [-0.05, 0) is 31.4 Å². The van der Waals surface area contributed by atoms with Crippen molar-refractivity contribution < 1.29 is 8.42 Å². The van der Waals surface area contributed by atoms with E-state index in [9.17, 15) is 8.42 Å². The van der Waals surface area contributed by atoms with Crippen molar-refractivity contribution in [2.45, 2.75) is 37.4 Å². The van der Waals surface area contributed by atoms with Crippen LogP contribution >= 0.6 is 27.3 Å². The second kappa shape index (κ2) is 6.31. The highest BCUT2D eigenvalue weighted by atomic mass is 79.9. The first-order valence-electron chi connectivity index (χ1n) is 5.57.